The molecule has 0 radical (unpaired) electrons. The number of carbonyl (C=O) groups is 1. The van der Waals surface area contributed by atoms with Gasteiger partial charge in [0.05, 0.1) is 11.4 Å². The van der Waals surface area contributed by atoms with Crippen molar-refractivity contribution in [3.63, 3.8) is 0 Å². The maximum absolute atomic E-state index is 11.2. The Bertz CT molecular complexity index is 585. The van der Waals surface area contributed by atoms with E-state index in [-0.39, 0.29) is 0 Å². The van der Waals surface area contributed by atoms with Gasteiger partial charge >= 0.3 is 5.97 Å². The molecule has 1 fully saturated rings. The van der Waals surface area contributed by atoms with E-state index < -0.39 is 12.0 Å². The van der Waals surface area contributed by atoms with Crippen molar-refractivity contribution in [2.24, 2.45) is 0 Å². The highest BCUT2D eigenvalue weighted by molar-refractivity contribution is 7.99. The summed E-state index contributed by atoms with van der Waals surface area (Å²) in [5.74, 6) is 1.69. The van der Waals surface area contributed by atoms with E-state index in [1.54, 1.807) is 11.8 Å². The van der Waals surface area contributed by atoms with Crippen molar-refractivity contribution in [1.29, 1.82) is 0 Å². The first-order valence-electron chi connectivity index (χ1n) is 6.15. The highest BCUT2D eigenvalue weighted by atomic mass is 32.2. The van der Waals surface area contributed by atoms with E-state index in [9.17, 15) is 9.90 Å². The standard InChI is InChI=1S/C12H13N3O3S2/c16-12(17)8-7-19-5-3-15(8)6-10-13-14-11(18-10)9-2-1-4-20-9/h1-2,4,8H,3,5-7H2,(H,16,17). The van der Waals surface area contributed by atoms with Crippen molar-refractivity contribution in [1.82, 2.24) is 15.1 Å². The Balaban J connectivity index is 1.72. The summed E-state index contributed by atoms with van der Waals surface area (Å²) >= 11 is 3.19. The summed E-state index contributed by atoms with van der Waals surface area (Å²) in [4.78, 5) is 14.0. The molecule has 6 nitrogen and oxygen atoms in total. The summed E-state index contributed by atoms with van der Waals surface area (Å²) in [5, 5.41) is 19.2. The molecule has 106 valence electrons. The van der Waals surface area contributed by atoms with Crippen LogP contribution in [0.25, 0.3) is 10.8 Å². The van der Waals surface area contributed by atoms with Crippen LogP contribution < -0.4 is 0 Å². The van der Waals surface area contributed by atoms with Crippen LogP contribution in [0.15, 0.2) is 21.9 Å². The minimum absolute atomic E-state index is 0.385. The molecule has 0 bridgehead atoms. The van der Waals surface area contributed by atoms with Crippen molar-refractivity contribution >= 4 is 29.1 Å². The summed E-state index contributed by atoms with van der Waals surface area (Å²) in [7, 11) is 0. The van der Waals surface area contributed by atoms with Gasteiger partial charge in [0, 0.05) is 18.1 Å². The van der Waals surface area contributed by atoms with Gasteiger partial charge < -0.3 is 9.52 Å². The molecule has 1 atom stereocenters. The summed E-state index contributed by atoms with van der Waals surface area (Å²) in [6.07, 6.45) is 0. The number of nitrogens with zero attached hydrogens (tertiary/aromatic N) is 3. The molecule has 0 saturated carbocycles. The number of aromatic nitrogens is 2. The monoisotopic (exact) mass is 311 g/mol. The molecular weight excluding hydrogens is 298 g/mol. The van der Waals surface area contributed by atoms with Gasteiger partial charge in [-0.2, -0.15) is 11.8 Å². The largest absolute Gasteiger partial charge is 0.480 e. The molecule has 3 heterocycles. The van der Waals surface area contributed by atoms with Gasteiger partial charge in [-0.1, -0.05) is 6.07 Å². The van der Waals surface area contributed by atoms with Gasteiger partial charge in [-0.3, -0.25) is 9.69 Å². The van der Waals surface area contributed by atoms with Gasteiger partial charge in [0.2, 0.25) is 5.89 Å². The lowest BCUT2D eigenvalue weighted by molar-refractivity contribution is -0.142. The number of carboxylic acid groups (broad SMARTS) is 1. The molecule has 0 aliphatic carbocycles. The number of rotatable bonds is 4. The highest BCUT2D eigenvalue weighted by Crippen LogP contribution is 2.24. The summed E-state index contributed by atoms with van der Waals surface area (Å²) < 4.78 is 5.61. The Labute approximate surface area is 123 Å². The molecule has 1 unspecified atom stereocenters. The number of thioether (sulfide) groups is 1. The SMILES string of the molecule is O=C(O)C1CSCCN1Cc1nnc(-c2cccs2)o1. The van der Waals surface area contributed by atoms with E-state index in [0.717, 1.165) is 17.2 Å². The zero-order valence-corrected chi connectivity index (χ0v) is 12.2. The summed E-state index contributed by atoms with van der Waals surface area (Å²) in [6.45, 7) is 1.11. The normalized spacial score (nSPS) is 20.1. The molecule has 8 heteroatoms. The predicted molar refractivity (Wildman–Crippen MR) is 76.8 cm³/mol. The van der Waals surface area contributed by atoms with Crippen molar-refractivity contribution in [2.75, 3.05) is 18.1 Å². The Morgan fingerprint density at radius 3 is 3.20 bits per heavy atom. The minimum atomic E-state index is -0.796. The Morgan fingerprint density at radius 1 is 1.55 bits per heavy atom. The molecule has 20 heavy (non-hydrogen) atoms. The third kappa shape index (κ3) is 2.87. The molecule has 1 aliphatic rings. The van der Waals surface area contributed by atoms with Crippen LogP contribution in [0.2, 0.25) is 0 Å². The van der Waals surface area contributed by atoms with E-state index >= 15 is 0 Å². The lowest BCUT2D eigenvalue weighted by atomic mass is 10.2. The molecule has 0 aromatic carbocycles. The smallest absolute Gasteiger partial charge is 0.321 e. The minimum Gasteiger partial charge on any atom is -0.480 e. The number of carboxylic acids is 1. The first kappa shape index (κ1) is 13.6. The molecule has 3 rings (SSSR count). The molecule has 0 amide bonds. The third-order valence-electron chi connectivity index (χ3n) is 3.06. The van der Waals surface area contributed by atoms with E-state index in [0.29, 0.717) is 24.1 Å². The van der Waals surface area contributed by atoms with Gasteiger partial charge in [-0.25, -0.2) is 0 Å². The van der Waals surface area contributed by atoms with Gasteiger partial charge in [-0.05, 0) is 11.4 Å². The van der Waals surface area contributed by atoms with E-state index in [1.165, 1.54) is 11.3 Å². The topological polar surface area (TPSA) is 79.5 Å². The van der Waals surface area contributed by atoms with Crippen LogP contribution in [0.1, 0.15) is 5.89 Å². The maximum atomic E-state index is 11.2. The molecule has 1 aliphatic heterocycles. The molecule has 2 aromatic heterocycles. The zero-order valence-electron chi connectivity index (χ0n) is 10.6. The van der Waals surface area contributed by atoms with Crippen molar-refractivity contribution in [2.45, 2.75) is 12.6 Å². The molecule has 2 aromatic rings. The Kier molecular flexibility index (Phi) is 4.04. The fourth-order valence-corrected chi connectivity index (χ4v) is 3.80. The van der Waals surface area contributed by atoms with E-state index in [1.807, 2.05) is 22.4 Å². The second-order valence-corrected chi connectivity index (χ2v) is 6.48. The zero-order chi connectivity index (χ0) is 13.9. The Hall–Kier alpha value is -1.38. The predicted octanol–water partition coefficient (Wildman–Crippen LogP) is 1.80. The van der Waals surface area contributed by atoms with Crippen LogP contribution in [0.3, 0.4) is 0 Å². The van der Waals surface area contributed by atoms with Crippen molar-refractivity contribution < 1.29 is 14.3 Å². The highest BCUT2D eigenvalue weighted by Gasteiger charge is 2.30. The first-order valence-corrected chi connectivity index (χ1v) is 8.18. The van der Waals surface area contributed by atoms with Crippen LogP contribution in [0, 0.1) is 0 Å². The van der Waals surface area contributed by atoms with E-state index in [2.05, 4.69) is 10.2 Å². The van der Waals surface area contributed by atoms with Crippen LogP contribution >= 0.6 is 23.1 Å². The molecular formula is C12H13N3O3S2. The number of aliphatic carboxylic acids is 1. The fourth-order valence-electron chi connectivity index (χ4n) is 2.05. The average molecular weight is 311 g/mol. The fraction of sp³-hybridized carbons (Fsp3) is 0.417. The lowest BCUT2D eigenvalue weighted by Gasteiger charge is -2.31. The average Bonchev–Trinajstić information content (AvgIpc) is 3.09. The van der Waals surface area contributed by atoms with Gasteiger partial charge in [0.15, 0.2) is 0 Å². The summed E-state index contributed by atoms with van der Waals surface area (Å²) in [6, 6.07) is 3.36. The number of hydrogen-bond donors (Lipinski definition) is 1. The van der Waals surface area contributed by atoms with Crippen LogP contribution in [-0.4, -0.2) is 50.3 Å². The maximum Gasteiger partial charge on any atom is 0.321 e. The number of hydrogen-bond acceptors (Lipinski definition) is 7. The van der Waals surface area contributed by atoms with Crippen LogP contribution in [-0.2, 0) is 11.3 Å². The quantitative estimate of drug-likeness (QED) is 0.922. The summed E-state index contributed by atoms with van der Waals surface area (Å²) in [5.41, 5.74) is 0. The first-order chi connectivity index (χ1) is 9.74. The van der Waals surface area contributed by atoms with Crippen LogP contribution in [0.5, 0.6) is 0 Å². The second-order valence-electron chi connectivity index (χ2n) is 4.38. The third-order valence-corrected chi connectivity index (χ3v) is 4.94. The van der Waals surface area contributed by atoms with Crippen molar-refractivity contribution in [3.8, 4) is 10.8 Å². The second kappa shape index (κ2) is 5.94. The molecule has 1 N–H and O–H groups in total. The molecule has 1 saturated heterocycles. The van der Waals surface area contributed by atoms with Crippen molar-refractivity contribution in [3.05, 3.63) is 23.4 Å². The molecule has 0 spiro atoms. The van der Waals surface area contributed by atoms with Crippen LogP contribution in [0.4, 0.5) is 0 Å². The van der Waals surface area contributed by atoms with E-state index in [4.69, 9.17) is 4.42 Å². The van der Waals surface area contributed by atoms with Gasteiger partial charge in [0.1, 0.15) is 6.04 Å². The Morgan fingerprint density at radius 2 is 2.45 bits per heavy atom. The number of thiophene rings is 1. The van der Waals surface area contributed by atoms with Gasteiger partial charge in [0.25, 0.3) is 5.89 Å². The van der Waals surface area contributed by atoms with Gasteiger partial charge in [-0.15, -0.1) is 21.5 Å². The lowest BCUT2D eigenvalue weighted by Crippen LogP contribution is -2.46.